The molecule has 1 atom stereocenters. The zero-order valence-electron chi connectivity index (χ0n) is 7.12. The zero-order valence-corrected chi connectivity index (χ0v) is 9.60. The molecule has 0 radical (unpaired) electrons. The molecule has 0 spiro atoms. The molecule has 0 bridgehead atoms. The normalized spacial score (nSPS) is 15.6. The van der Waals surface area contributed by atoms with Gasteiger partial charge in [-0.2, -0.15) is 0 Å². The molecule has 0 N–H and O–H groups in total. The van der Waals surface area contributed by atoms with E-state index in [0.29, 0.717) is 11.6 Å². The Labute approximate surface area is 80.9 Å². The molecule has 1 unspecified atom stereocenters. The number of aromatic nitrogens is 1. The van der Waals surface area contributed by atoms with E-state index in [-0.39, 0.29) is 0 Å². The third-order valence-electron chi connectivity index (χ3n) is 1.80. The molecular weight excluding hydrogens is 237 g/mol. The van der Waals surface area contributed by atoms with Crippen molar-refractivity contribution in [2.75, 3.05) is 12.8 Å². The fourth-order valence-corrected chi connectivity index (χ4v) is 2.06. The third kappa shape index (κ3) is 2.18. The molecule has 66 valence electrons. The Balaban J connectivity index is 3.05. The van der Waals surface area contributed by atoms with Crippen molar-refractivity contribution in [1.29, 1.82) is 0 Å². The Morgan fingerprint density at radius 2 is 2.25 bits per heavy atom. The fourth-order valence-electron chi connectivity index (χ4n) is 0.810. The Kier molecular flexibility index (Phi) is 3.08. The van der Waals surface area contributed by atoms with Crippen LogP contribution in [0.2, 0.25) is 0 Å². The monoisotopic (exact) mass is 247 g/mol. The lowest BCUT2D eigenvalue weighted by atomic mass is 10.5. The van der Waals surface area contributed by atoms with Crippen LogP contribution < -0.4 is 5.44 Å². The van der Waals surface area contributed by atoms with Crippen molar-refractivity contribution in [1.82, 2.24) is 4.98 Å². The van der Waals surface area contributed by atoms with E-state index in [0.717, 1.165) is 4.47 Å². The first kappa shape index (κ1) is 9.94. The predicted octanol–water partition coefficient (Wildman–Crippen LogP) is 2.48. The molecule has 0 aliphatic heterocycles. The first-order chi connectivity index (χ1) is 5.56. The average Bonchev–Trinajstić information content (AvgIpc) is 2.05. The Morgan fingerprint density at radius 1 is 1.58 bits per heavy atom. The highest BCUT2D eigenvalue weighted by atomic mass is 79.9. The molecule has 1 aromatic heterocycles. The molecule has 4 heteroatoms. The molecule has 0 amide bonds. The molecule has 0 aliphatic carbocycles. The van der Waals surface area contributed by atoms with Gasteiger partial charge in [0.2, 0.25) is 0 Å². The summed E-state index contributed by atoms with van der Waals surface area (Å²) in [4.78, 5) is 4.11. The summed E-state index contributed by atoms with van der Waals surface area (Å²) < 4.78 is 12.7. The van der Waals surface area contributed by atoms with Crippen LogP contribution in [0.4, 0.5) is 0 Å². The minimum Gasteiger partial charge on any atom is -0.317 e. The van der Waals surface area contributed by atoms with Gasteiger partial charge in [0, 0.05) is 16.8 Å². The Morgan fingerprint density at radius 3 is 2.67 bits per heavy atom. The zero-order chi connectivity index (χ0) is 9.19. The highest BCUT2D eigenvalue weighted by Gasteiger charge is 2.16. The maximum atomic E-state index is 11.8. The summed E-state index contributed by atoms with van der Waals surface area (Å²) in [6, 6.07) is 3.68. The second-order valence-corrected chi connectivity index (χ2v) is 6.96. The van der Waals surface area contributed by atoms with Crippen LogP contribution in [-0.2, 0) is 4.57 Å². The minimum absolute atomic E-state index is 0.668. The van der Waals surface area contributed by atoms with E-state index in [1.54, 1.807) is 12.9 Å². The van der Waals surface area contributed by atoms with E-state index in [1.807, 2.05) is 19.1 Å². The highest BCUT2D eigenvalue weighted by molar-refractivity contribution is 9.10. The summed E-state index contributed by atoms with van der Waals surface area (Å²) in [5.74, 6) is 0. The number of nitrogens with zero attached hydrogens (tertiary/aromatic N) is 1. The van der Waals surface area contributed by atoms with E-state index in [1.165, 1.54) is 0 Å². The van der Waals surface area contributed by atoms with E-state index in [4.69, 9.17) is 0 Å². The number of halogens is 1. The molecule has 1 rings (SSSR count). The van der Waals surface area contributed by atoms with Crippen molar-refractivity contribution in [2.45, 2.75) is 6.92 Å². The van der Waals surface area contributed by atoms with Crippen LogP contribution in [0.3, 0.4) is 0 Å². The van der Waals surface area contributed by atoms with Gasteiger partial charge in [0.25, 0.3) is 0 Å². The molecule has 12 heavy (non-hydrogen) atoms. The standard InChI is InChI=1S/C8H11BrNOP/c1-3-12(2,11)8-5-4-7(9)6-10-8/h4-6H,3H2,1-2H3. The number of rotatable bonds is 2. The van der Waals surface area contributed by atoms with Gasteiger partial charge in [0.1, 0.15) is 7.14 Å². The van der Waals surface area contributed by atoms with Crippen LogP contribution in [0.1, 0.15) is 6.92 Å². The Bertz CT molecular complexity index is 309. The van der Waals surface area contributed by atoms with Crippen molar-refractivity contribution in [3.8, 4) is 0 Å². The molecule has 0 aliphatic rings. The van der Waals surface area contributed by atoms with Gasteiger partial charge in [-0.1, -0.05) is 6.92 Å². The van der Waals surface area contributed by atoms with Gasteiger partial charge >= 0.3 is 0 Å². The molecule has 0 saturated heterocycles. The molecule has 1 heterocycles. The summed E-state index contributed by atoms with van der Waals surface area (Å²) in [5.41, 5.74) is 0.716. The second-order valence-electron chi connectivity index (χ2n) is 2.75. The summed E-state index contributed by atoms with van der Waals surface area (Å²) >= 11 is 3.28. The molecule has 0 aromatic carbocycles. The van der Waals surface area contributed by atoms with Crippen molar-refractivity contribution >= 4 is 28.5 Å². The number of hydrogen-bond acceptors (Lipinski definition) is 2. The number of hydrogen-bond donors (Lipinski definition) is 0. The fraction of sp³-hybridized carbons (Fsp3) is 0.375. The first-order valence-electron chi connectivity index (χ1n) is 3.75. The molecular formula is C8H11BrNOP. The van der Waals surface area contributed by atoms with Gasteiger partial charge in [0.05, 0.1) is 5.44 Å². The molecule has 2 nitrogen and oxygen atoms in total. The summed E-state index contributed by atoms with van der Waals surface area (Å²) in [6.07, 6.45) is 2.35. The maximum Gasteiger partial charge on any atom is 0.129 e. The van der Waals surface area contributed by atoms with Gasteiger partial charge in [-0.25, -0.2) is 0 Å². The van der Waals surface area contributed by atoms with E-state index in [2.05, 4.69) is 20.9 Å². The quantitative estimate of drug-likeness (QED) is 0.752. The van der Waals surface area contributed by atoms with Gasteiger partial charge < -0.3 is 4.57 Å². The van der Waals surface area contributed by atoms with E-state index < -0.39 is 7.14 Å². The molecule has 0 saturated carbocycles. The van der Waals surface area contributed by atoms with Gasteiger partial charge in [-0.15, -0.1) is 0 Å². The smallest absolute Gasteiger partial charge is 0.129 e. The van der Waals surface area contributed by atoms with Crippen molar-refractivity contribution in [3.63, 3.8) is 0 Å². The average molecular weight is 248 g/mol. The van der Waals surface area contributed by atoms with Crippen LogP contribution in [-0.4, -0.2) is 17.8 Å². The molecule has 0 fully saturated rings. The van der Waals surface area contributed by atoms with Crippen LogP contribution in [0.5, 0.6) is 0 Å². The third-order valence-corrected chi connectivity index (χ3v) is 4.71. The summed E-state index contributed by atoms with van der Waals surface area (Å²) in [5, 5.41) is 0. The van der Waals surface area contributed by atoms with E-state index >= 15 is 0 Å². The SMILES string of the molecule is CCP(C)(=O)c1ccc(Br)cn1. The first-order valence-corrected chi connectivity index (χ1v) is 6.88. The number of pyridine rings is 1. The predicted molar refractivity (Wildman–Crippen MR) is 55.6 cm³/mol. The van der Waals surface area contributed by atoms with Crippen molar-refractivity contribution in [2.24, 2.45) is 0 Å². The van der Waals surface area contributed by atoms with Crippen LogP contribution in [0, 0.1) is 0 Å². The lowest BCUT2D eigenvalue weighted by molar-refractivity contribution is 0.585. The second kappa shape index (κ2) is 3.71. The minimum atomic E-state index is -2.18. The van der Waals surface area contributed by atoms with Crippen LogP contribution in [0.15, 0.2) is 22.8 Å². The lowest BCUT2D eigenvalue weighted by Crippen LogP contribution is -2.09. The van der Waals surface area contributed by atoms with Gasteiger partial charge in [-0.3, -0.25) is 4.98 Å². The largest absolute Gasteiger partial charge is 0.317 e. The van der Waals surface area contributed by atoms with Gasteiger partial charge in [0.15, 0.2) is 0 Å². The van der Waals surface area contributed by atoms with Crippen molar-refractivity contribution in [3.05, 3.63) is 22.8 Å². The highest BCUT2D eigenvalue weighted by Crippen LogP contribution is 2.37. The maximum absolute atomic E-state index is 11.8. The van der Waals surface area contributed by atoms with Crippen molar-refractivity contribution < 1.29 is 4.57 Å². The summed E-state index contributed by atoms with van der Waals surface area (Å²) in [7, 11) is -2.18. The van der Waals surface area contributed by atoms with Crippen LogP contribution in [0.25, 0.3) is 0 Å². The van der Waals surface area contributed by atoms with E-state index in [9.17, 15) is 4.57 Å². The summed E-state index contributed by atoms with van der Waals surface area (Å²) in [6.45, 7) is 3.69. The Hall–Kier alpha value is -0.140. The molecule has 1 aromatic rings. The van der Waals surface area contributed by atoms with Crippen LogP contribution >= 0.6 is 23.1 Å². The topological polar surface area (TPSA) is 30.0 Å². The van der Waals surface area contributed by atoms with Gasteiger partial charge in [-0.05, 0) is 34.7 Å². The lowest BCUT2D eigenvalue weighted by Gasteiger charge is -2.08.